The molecule has 2 aromatic rings. The third-order valence-corrected chi connectivity index (χ3v) is 3.52. The molecule has 0 atom stereocenters. The lowest BCUT2D eigenvalue weighted by Gasteiger charge is -2.09. The van der Waals surface area contributed by atoms with Gasteiger partial charge in [0.25, 0.3) is 0 Å². The van der Waals surface area contributed by atoms with Gasteiger partial charge in [0.1, 0.15) is 5.82 Å². The van der Waals surface area contributed by atoms with E-state index in [1.54, 1.807) is 6.07 Å². The number of carbonyl (C=O) groups excluding carboxylic acids is 1. The molecule has 0 fully saturated rings. The van der Waals surface area contributed by atoms with Crippen LogP contribution in [0.2, 0.25) is 0 Å². The Hall–Kier alpha value is -1.40. The van der Waals surface area contributed by atoms with Crippen LogP contribution in [0.15, 0.2) is 51.4 Å². The zero-order valence-electron chi connectivity index (χ0n) is 10.3. The Labute approximate surface area is 132 Å². The second kappa shape index (κ2) is 6.85. The highest BCUT2D eigenvalue weighted by atomic mass is 79.9. The van der Waals surface area contributed by atoms with Gasteiger partial charge in [-0.2, -0.15) is 0 Å². The third-order valence-electron chi connectivity index (χ3n) is 2.50. The maximum Gasteiger partial charge on any atom is 0.243 e. The molecule has 104 valence electrons. The van der Waals surface area contributed by atoms with Gasteiger partial charge >= 0.3 is 0 Å². The maximum absolute atomic E-state index is 13.5. The number of hydrogen-bond donors (Lipinski definition) is 2. The molecule has 0 unspecified atom stereocenters. The monoisotopic (exact) mass is 400 g/mol. The normalized spacial score (nSPS) is 10.2. The van der Waals surface area contributed by atoms with Crippen LogP contribution in [0.5, 0.6) is 0 Å². The summed E-state index contributed by atoms with van der Waals surface area (Å²) >= 11 is 6.49. The van der Waals surface area contributed by atoms with E-state index in [4.69, 9.17) is 0 Å². The number of nitrogens with one attached hydrogen (secondary N) is 2. The highest BCUT2D eigenvalue weighted by molar-refractivity contribution is 9.10. The zero-order chi connectivity index (χ0) is 14.5. The van der Waals surface area contributed by atoms with Crippen molar-refractivity contribution in [2.24, 2.45) is 0 Å². The molecule has 2 aromatic carbocycles. The predicted octanol–water partition coefficient (Wildman–Crippen LogP) is 4.40. The van der Waals surface area contributed by atoms with E-state index in [9.17, 15) is 9.18 Å². The van der Waals surface area contributed by atoms with Gasteiger partial charge in [-0.3, -0.25) is 4.79 Å². The van der Waals surface area contributed by atoms with Crippen LogP contribution >= 0.6 is 31.9 Å². The lowest BCUT2D eigenvalue weighted by molar-refractivity contribution is -0.114. The van der Waals surface area contributed by atoms with E-state index in [0.29, 0.717) is 4.47 Å². The summed E-state index contributed by atoms with van der Waals surface area (Å²) in [5.41, 5.74) is 0.982. The molecule has 0 radical (unpaired) electrons. The summed E-state index contributed by atoms with van der Waals surface area (Å²) < 4.78 is 15.1. The first-order valence-electron chi connectivity index (χ1n) is 5.79. The van der Waals surface area contributed by atoms with E-state index >= 15 is 0 Å². The largest absolute Gasteiger partial charge is 0.376 e. The quantitative estimate of drug-likeness (QED) is 0.797. The van der Waals surface area contributed by atoms with Crippen LogP contribution < -0.4 is 10.6 Å². The molecule has 0 spiro atoms. The van der Waals surface area contributed by atoms with Crippen LogP contribution in [0.25, 0.3) is 0 Å². The van der Waals surface area contributed by atoms with Crippen molar-refractivity contribution in [1.29, 1.82) is 0 Å². The van der Waals surface area contributed by atoms with Gasteiger partial charge in [0.05, 0.1) is 12.2 Å². The SMILES string of the molecule is O=C(CNc1ccc(Br)cc1)Nc1ccc(Br)cc1F. The summed E-state index contributed by atoms with van der Waals surface area (Å²) in [5, 5.41) is 5.47. The van der Waals surface area contributed by atoms with Gasteiger partial charge in [-0.1, -0.05) is 31.9 Å². The first-order chi connectivity index (χ1) is 9.54. The van der Waals surface area contributed by atoms with Crippen molar-refractivity contribution >= 4 is 49.1 Å². The first kappa shape index (κ1) is 15.0. The van der Waals surface area contributed by atoms with E-state index in [2.05, 4.69) is 42.5 Å². The van der Waals surface area contributed by atoms with Crippen molar-refractivity contribution in [3.05, 3.63) is 57.2 Å². The molecule has 2 rings (SSSR count). The zero-order valence-corrected chi connectivity index (χ0v) is 13.5. The Bertz CT molecular complexity index is 617. The molecule has 0 aliphatic carbocycles. The van der Waals surface area contributed by atoms with Crippen molar-refractivity contribution < 1.29 is 9.18 Å². The highest BCUT2D eigenvalue weighted by Crippen LogP contribution is 2.19. The third kappa shape index (κ3) is 4.31. The Balaban J connectivity index is 1.90. The number of benzene rings is 2. The van der Waals surface area contributed by atoms with Gasteiger partial charge in [-0.05, 0) is 42.5 Å². The van der Waals surface area contributed by atoms with E-state index < -0.39 is 5.82 Å². The fraction of sp³-hybridized carbons (Fsp3) is 0.0714. The summed E-state index contributed by atoms with van der Waals surface area (Å²) in [6.07, 6.45) is 0. The smallest absolute Gasteiger partial charge is 0.243 e. The molecule has 0 aliphatic heterocycles. The highest BCUT2D eigenvalue weighted by Gasteiger charge is 2.07. The molecule has 20 heavy (non-hydrogen) atoms. The molecule has 0 aromatic heterocycles. The summed E-state index contributed by atoms with van der Waals surface area (Å²) in [6.45, 7) is 0.0666. The molecule has 0 bridgehead atoms. The minimum Gasteiger partial charge on any atom is -0.376 e. The van der Waals surface area contributed by atoms with E-state index in [-0.39, 0.29) is 18.1 Å². The minimum absolute atomic E-state index is 0.0666. The molecular weight excluding hydrogens is 391 g/mol. The molecule has 1 amide bonds. The summed E-state index contributed by atoms with van der Waals surface area (Å²) in [5.74, 6) is -0.787. The summed E-state index contributed by atoms with van der Waals surface area (Å²) in [7, 11) is 0. The summed E-state index contributed by atoms with van der Waals surface area (Å²) in [4.78, 5) is 11.7. The summed E-state index contributed by atoms with van der Waals surface area (Å²) in [6, 6.07) is 11.9. The first-order valence-corrected chi connectivity index (χ1v) is 7.37. The van der Waals surface area contributed by atoms with E-state index in [0.717, 1.165) is 10.2 Å². The maximum atomic E-state index is 13.5. The van der Waals surface area contributed by atoms with Gasteiger partial charge in [-0.15, -0.1) is 0 Å². The average Bonchev–Trinajstić information content (AvgIpc) is 2.41. The fourth-order valence-electron chi connectivity index (χ4n) is 1.54. The number of carbonyl (C=O) groups is 1. The van der Waals surface area contributed by atoms with Crippen molar-refractivity contribution in [2.75, 3.05) is 17.2 Å². The molecule has 0 saturated carbocycles. The molecule has 0 heterocycles. The van der Waals surface area contributed by atoms with Gasteiger partial charge in [0.2, 0.25) is 5.91 Å². The Kier molecular flexibility index (Phi) is 5.14. The van der Waals surface area contributed by atoms with Crippen LogP contribution in [0.1, 0.15) is 0 Å². The number of halogens is 3. The van der Waals surface area contributed by atoms with E-state index in [1.165, 1.54) is 12.1 Å². The number of rotatable bonds is 4. The topological polar surface area (TPSA) is 41.1 Å². The fourth-order valence-corrected chi connectivity index (χ4v) is 2.13. The van der Waals surface area contributed by atoms with Gasteiger partial charge in [0.15, 0.2) is 0 Å². The molecule has 0 saturated heterocycles. The van der Waals surface area contributed by atoms with Crippen molar-refractivity contribution in [3.63, 3.8) is 0 Å². The van der Waals surface area contributed by atoms with Gasteiger partial charge in [-0.25, -0.2) is 4.39 Å². The molecule has 6 heteroatoms. The Morgan fingerprint density at radius 2 is 1.70 bits per heavy atom. The standard InChI is InChI=1S/C14H11Br2FN2O/c15-9-1-4-11(5-2-9)18-8-14(20)19-13-6-3-10(16)7-12(13)17/h1-7,18H,8H2,(H,19,20). The minimum atomic E-state index is -0.476. The van der Waals surface area contributed by atoms with Crippen molar-refractivity contribution in [2.45, 2.75) is 0 Å². The van der Waals surface area contributed by atoms with Crippen LogP contribution in [0, 0.1) is 5.82 Å². The van der Waals surface area contributed by atoms with Gasteiger partial charge in [0, 0.05) is 14.6 Å². The molecule has 0 aliphatic rings. The number of hydrogen-bond acceptors (Lipinski definition) is 2. The molecular formula is C14H11Br2FN2O. The van der Waals surface area contributed by atoms with Crippen molar-refractivity contribution in [3.8, 4) is 0 Å². The number of amides is 1. The second-order valence-electron chi connectivity index (χ2n) is 4.03. The molecule has 3 nitrogen and oxygen atoms in total. The molecule has 2 N–H and O–H groups in total. The lowest BCUT2D eigenvalue weighted by Crippen LogP contribution is -2.22. The van der Waals surface area contributed by atoms with Gasteiger partial charge < -0.3 is 10.6 Å². The lowest BCUT2D eigenvalue weighted by atomic mass is 10.3. The number of anilines is 2. The Morgan fingerprint density at radius 3 is 2.35 bits per heavy atom. The Morgan fingerprint density at radius 1 is 1.05 bits per heavy atom. The van der Waals surface area contributed by atoms with Crippen LogP contribution in [0.4, 0.5) is 15.8 Å². The average molecular weight is 402 g/mol. The predicted molar refractivity (Wildman–Crippen MR) is 85.4 cm³/mol. The van der Waals surface area contributed by atoms with Crippen LogP contribution in [0.3, 0.4) is 0 Å². The second-order valence-corrected chi connectivity index (χ2v) is 5.86. The van der Waals surface area contributed by atoms with Crippen molar-refractivity contribution in [1.82, 2.24) is 0 Å². The van der Waals surface area contributed by atoms with E-state index in [1.807, 2.05) is 24.3 Å². The van der Waals surface area contributed by atoms with Crippen LogP contribution in [-0.2, 0) is 4.79 Å². The van der Waals surface area contributed by atoms with Crippen LogP contribution in [-0.4, -0.2) is 12.5 Å².